The van der Waals surface area contributed by atoms with Crippen LogP contribution in [0.4, 0.5) is 0 Å². The van der Waals surface area contributed by atoms with Crippen molar-refractivity contribution >= 4 is 11.9 Å². The Labute approximate surface area is 98.1 Å². The highest BCUT2D eigenvalue weighted by atomic mass is 16.4. The average Bonchev–Trinajstić information content (AvgIpc) is 2.65. The Morgan fingerprint density at radius 3 is 2.76 bits per heavy atom. The van der Waals surface area contributed by atoms with Gasteiger partial charge in [0, 0.05) is 6.54 Å². The third-order valence-electron chi connectivity index (χ3n) is 1.87. The molecular formula is C10H14N4O3. The van der Waals surface area contributed by atoms with Crippen molar-refractivity contribution in [3.63, 3.8) is 0 Å². The van der Waals surface area contributed by atoms with Gasteiger partial charge in [0.15, 0.2) is 5.69 Å². The van der Waals surface area contributed by atoms with Crippen LogP contribution >= 0.6 is 0 Å². The molecule has 7 heteroatoms. The molecule has 0 saturated heterocycles. The molecule has 0 saturated carbocycles. The zero-order chi connectivity index (χ0) is 12.8. The lowest BCUT2D eigenvalue weighted by molar-refractivity contribution is -0.121. The third kappa shape index (κ3) is 4.45. The summed E-state index contributed by atoms with van der Waals surface area (Å²) in [5, 5.41) is 18.2. The lowest BCUT2D eigenvalue weighted by Crippen LogP contribution is -2.28. The lowest BCUT2D eigenvalue weighted by atomic mass is 10.3. The average molecular weight is 238 g/mol. The van der Waals surface area contributed by atoms with Gasteiger partial charge in [0.2, 0.25) is 5.91 Å². The van der Waals surface area contributed by atoms with E-state index in [0.29, 0.717) is 6.54 Å². The van der Waals surface area contributed by atoms with Crippen molar-refractivity contribution < 1.29 is 14.7 Å². The lowest BCUT2D eigenvalue weighted by Gasteiger charge is -2.01. The summed E-state index contributed by atoms with van der Waals surface area (Å²) >= 11 is 0. The van der Waals surface area contributed by atoms with Crippen LogP contribution in [0.5, 0.6) is 0 Å². The molecule has 0 spiro atoms. The molecule has 0 aromatic carbocycles. The predicted molar refractivity (Wildman–Crippen MR) is 59.4 cm³/mol. The number of carboxylic acid groups (broad SMARTS) is 1. The molecule has 1 heterocycles. The fraction of sp³-hybridized carbons (Fsp3) is 0.400. The molecule has 0 unspecified atom stereocenters. The molecule has 1 aromatic heterocycles. The molecule has 2 N–H and O–H groups in total. The van der Waals surface area contributed by atoms with Crippen molar-refractivity contribution in [1.82, 2.24) is 20.3 Å². The number of carboxylic acids is 1. The SMILES string of the molecule is CC(C)=CCNC(=O)Cn1cc(C(=O)O)nn1. The number of allylic oxidation sites excluding steroid dienone is 1. The Kier molecular flexibility index (Phi) is 4.38. The van der Waals surface area contributed by atoms with Crippen molar-refractivity contribution in [2.75, 3.05) is 6.54 Å². The predicted octanol–water partition coefficient (Wildman–Crippen LogP) is 0.0587. The van der Waals surface area contributed by atoms with E-state index in [9.17, 15) is 9.59 Å². The molecular weight excluding hydrogens is 224 g/mol. The highest BCUT2D eigenvalue weighted by molar-refractivity contribution is 5.84. The smallest absolute Gasteiger partial charge is 0.358 e. The zero-order valence-electron chi connectivity index (χ0n) is 9.67. The first-order valence-corrected chi connectivity index (χ1v) is 5.02. The van der Waals surface area contributed by atoms with Gasteiger partial charge in [0.25, 0.3) is 0 Å². The van der Waals surface area contributed by atoms with Gasteiger partial charge in [-0.2, -0.15) is 0 Å². The van der Waals surface area contributed by atoms with Crippen LogP contribution in [0.2, 0.25) is 0 Å². The molecule has 0 aliphatic heterocycles. The van der Waals surface area contributed by atoms with Crippen LogP contribution in [0.3, 0.4) is 0 Å². The van der Waals surface area contributed by atoms with Gasteiger partial charge in [-0.25, -0.2) is 9.48 Å². The maximum absolute atomic E-state index is 11.4. The summed E-state index contributed by atoms with van der Waals surface area (Å²) in [6, 6.07) is 0. The minimum absolute atomic E-state index is 0.0448. The first-order valence-electron chi connectivity index (χ1n) is 5.02. The zero-order valence-corrected chi connectivity index (χ0v) is 9.67. The molecule has 1 rings (SSSR count). The highest BCUT2D eigenvalue weighted by Crippen LogP contribution is 1.92. The number of nitrogens with one attached hydrogen (secondary N) is 1. The maximum atomic E-state index is 11.4. The second-order valence-electron chi connectivity index (χ2n) is 3.69. The first-order chi connectivity index (χ1) is 7.99. The Hall–Kier alpha value is -2.18. The molecule has 0 bridgehead atoms. The Morgan fingerprint density at radius 1 is 1.53 bits per heavy atom. The number of nitrogens with zero attached hydrogens (tertiary/aromatic N) is 3. The van der Waals surface area contributed by atoms with Crippen LogP contribution in [0.25, 0.3) is 0 Å². The van der Waals surface area contributed by atoms with E-state index in [1.165, 1.54) is 10.9 Å². The molecule has 7 nitrogen and oxygen atoms in total. The largest absolute Gasteiger partial charge is 0.476 e. The van der Waals surface area contributed by atoms with E-state index < -0.39 is 5.97 Å². The molecule has 0 aliphatic rings. The summed E-state index contributed by atoms with van der Waals surface area (Å²) in [5.41, 5.74) is 0.932. The van der Waals surface area contributed by atoms with E-state index in [1.807, 2.05) is 19.9 Å². The van der Waals surface area contributed by atoms with Gasteiger partial charge in [0.1, 0.15) is 6.54 Å². The van der Waals surface area contributed by atoms with E-state index in [0.717, 1.165) is 5.57 Å². The van der Waals surface area contributed by atoms with E-state index in [1.54, 1.807) is 0 Å². The van der Waals surface area contributed by atoms with Crippen molar-refractivity contribution in [3.8, 4) is 0 Å². The normalized spacial score (nSPS) is 9.76. The van der Waals surface area contributed by atoms with Gasteiger partial charge in [-0.1, -0.05) is 16.9 Å². The van der Waals surface area contributed by atoms with Crippen molar-refractivity contribution in [1.29, 1.82) is 0 Å². The molecule has 17 heavy (non-hydrogen) atoms. The topological polar surface area (TPSA) is 97.1 Å². The van der Waals surface area contributed by atoms with Gasteiger partial charge in [-0.05, 0) is 13.8 Å². The summed E-state index contributed by atoms with van der Waals surface area (Å²) in [4.78, 5) is 21.9. The fourth-order valence-corrected chi connectivity index (χ4v) is 1.05. The second kappa shape index (κ2) is 5.78. The first kappa shape index (κ1) is 12.9. The minimum Gasteiger partial charge on any atom is -0.476 e. The maximum Gasteiger partial charge on any atom is 0.358 e. The van der Waals surface area contributed by atoms with Crippen molar-refractivity contribution in [2.24, 2.45) is 0 Å². The summed E-state index contributed by atoms with van der Waals surface area (Å²) in [7, 11) is 0. The fourth-order valence-electron chi connectivity index (χ4n) is 1.05. The number of aromatic carboxylic acids is 1. The van der Waals surface area contributed by atoms with Crippen molar-refractivity contribution in [3.05, 3.63) is 23.5 Å². The summed E-state index contributed by atoms with van der Waals surface area (Å²) in [6.45, 7) is 4.27. The molecule has 92 valence electrons. The summed E-state index contributed by atoms with van der Waals surface area (Å²) in [6.07, 6.45) is 3.09. The van der Waals surface area contributed by atoms with Crippen LogP contribution in [-0.4, -0.2) is 38.5 Å². The summed E-state index contributed by atoms with van der Waals surface area (Å²) in [5.74, 6) is -1.41. The van der Waals surface area contributed by atoms with Gasteiger partial charge in [-0.15, -0.1) is 5.10 Å². The van der Waals surface area contributed by atoms with E-state index in [2.05, 4.69) is 15.6 Å². The molecule has 0 atom stereocenters. The third-order valence-corrected chi connectivity index (χ3v) is 1.87. The van der Waals surface area contributed by atoms with E-state index in [4.69, 9.17) is 5.11 Å². The highest BCUT2D eigenvalue weighted by Gasteiger charge is 2.09. The van der Waals surface area contributed by atoms with Crippen LogP contribution in [0.15, 0.2) is 17.8 Å². The number of carbonyl (C=O) groups excluding carboxylic acids is 1. The number of aromatic nitrogens is 3. The standard InChI is InChI=1S/C10H14N4O3/c1-7(2)3-4-11-9(15)6-14-5-8(10(16)17)12-13-14/h3,5H,4,6H2,1-2H3,(H,11,15)(H,16,17). The van der Waals surface area contributed by atoms with Gasteiger partial charge in [0.05, 0.1) is 6.20 Å². The van der Waals surface area contributed by atoms with Gasteiger partial charge < -0.3 is 10.4 Å². The van der Waals surface area contributed by atoms with Crippen LogP contribution in [0.1, 0.15) is 24.3 Å². The molecule has 1 amide bonds. The van der Waals surface area contributed by atoms with Gasteiger partial charge >= 0.3 is 5.97 Å². The van der Waals surface area contributed by atoms with E-state index in [-0.39, 0.29) is 18.1 Å². The quantitative estimate of drug-likeness (QED) is 0.707. The van der Waals surface area contributed by atoms with Crippen LogP contribution < -0.4 is 5.32 Å². The monoisotopic (exact) mass is 238 g/mol. The summed E-state index contributed by atoms with van der Waals surface area (Å²) < 4.78 is 1.18. The molecule has 0 aliphatic carbocycles. The molecule has 0 fully saturated rings. The number of hydrogen-bond acceptors (Lipinski definition) is 4. The van der Waals surface area contributed by atoms with Crippen molar-refractivity contribution in [2.45, 2.75) is 20.4 Å². The van der Waals surface area contributed by atoms with Gasteiger partial charge in [-0.3, -0.25) is 4.79 Å². The second-order valence-corrected chi connectivity index (χ2v) is 3.69. The van der Waals surface area contributed by atoms with E-state index >= 15 is 0 Å². The number of carbonyl (C=O) groups is 2. The van der Waals surface area contributed by atoms with Crippen LogP contribution in [0, 0.1) is 0 Å². The number of rotatable bonds is 5. The molecule has 1 aromatic rings. The Balaban J connectivity index is 2.45. The van der Waals surface area contributed by atoms with Crippen LogP contribution in [-0.2, 0) is 11.3 Å². The number of hydrogen-bond donors (Lipinski definition) is 2. The Morgan fingerprint density at radius 2 is 2.24 bits per heavy atom. The minimum atomic E-state index is -1.17. The Bertz CT molecular complexity index is 446. The molecule has 0 radical (unpaired) electrons. The number of amides is 1.